The highest BCUT2D eigenvalue weighted by Crippen LogP contribution is 2.24. The zero-order valence-electron chi connectivity index (χ0n) is 11.8. The largest absolute Gasteiger partial charge is 0.376 e. The molecule has 0 aliphatic rings. The molecule has 0 aliphatic heterocycles. The molecule has 0 saturated heterocycles. The Kier molecular flexibility index (Phi) is 4.02. The lowest BCUT2D eigenvalue weighted by Crippen LogP contribution is -2.07. The van der Waals surface area contributed by atoms with Gasteiger partial charge in [0.2, 0.25) is 0 Å². The van der Waals surface area contributed by atoms with Crippen LogP contribution in [0.2, 0.25) is 0 Å². The first-order chi connectivity index (χ1) is 9.51. The van der Waals surface area contributed by atoms with E-state index in [-0.39, 0.29) is 16.7 Å². The molecule has 6 nitrogen and oxygen atoms in total. The van der Waals surface area contributed by atoms with Gasteiger partial charge in [-0.3, -0.25) is 14.8 Å². The Morgan fingerprint density at radius 1 is 1.50 bits per heavy atom. The fourth-order valence-electron chi connectivity index (χ4n) is 2.14. The van der Waals surface area contributed by atoms with Crippen LogP contribution < -0.4 is 5.32 Å². The molecule has 20 heavy (non-hydrogen) atoms. The summed E-state index contributed by atoms with van der Waals surface area (Å²) in [4.78, 5) is 10.4. The molecule has 1 aromatic heterocycles. The molecule has 1 N–H and O–H groups in total. The number of hydrogen-bond donors (Lipinski definition) is 1. The summed E-state index contributed by atoms with van der Waals surface area (Å²) in [6.07, 6.45) is 2.76. The predicted octanol–water partition coefficient (Wildman–Crippen LogP) is 3.06. The number of benzene rings is 1. The Hall–Kier alpha value is -2.37. The predicted molar refractivity (Wildman–Crippen MR) is 77.7 cm³/mol. The number of aromatic nitrogens is 2. The van der Waals surface area contributed by atoms with E-state index in [4.69, 9.17) is 0 Å². The maximum atomic E-state index is 10.8. The molecule has 1 heterocycles. The summed E-state index contributed by atoms with van der Waals surface area (Å²) in [6.45, 7) is 4.02. The van der Waals surface area contributed by atoms with Gasteiger partial charge in [-0.1, -0.05) is 19.1 Å². The van der Waals surface area contributed by atoms with Crippen LogP contribution in [0.3, 0.4) is 0 Å². The first-order valence-corrected chi connectivity index (χ1v) is 6.54. The van der Waals surface area contributed by atoms with Crippen LogP contribution in [0, 0.1) is 10.1 Å². The summed E-state index contributed by atoms with van der Waals surface area (Å²) >= 11 is 0. The molecule has 1 unspecified atom stereocenters. The number of nitrogens with zero attached hydrogens (tertiary/aromatic N) is 3. The fraction of sp³-hybridized carbons (Fsp3) is 0.357. The summed E-state index contributed by atoms with van der Waals surface area (Å²) < 4.78 is 1.77. The molecule has 0 saturated carbocycles. The number of rotatable bonds is 5. The molecule has 6 heteroatoms. The Balaban J connectivity index is 2.21. The van der Waals surface area contributed by atoms with Crippen molar-refractivity contribution in [2.45, 2.75) is 26.3 Å². The highest BCUT2D eigenvalue weighted by Gasteiger charge is 2.13. The number of aryl methyl sites for hydroxylation is 2. The lowest BCUT2D eigenvalue weighted by atomic mass is 10.1. The second-order valence-electron chi connectivity index (χ2n) is 4.73. The summed E-state index contributed by atoms with van der Waals surface area (Å²) in [5, 5.41) is 18.5. The zero-order valence-corrected chi connectivity index (χ0v) is 11.8. The monoisotopic (exact) mass is 274 g/mol. The lowest BCUT2D eigenvalue weighted by molar-refractivity contribution is -0.384. The molecule has 1 aromatic carbocycles. The number of hydrogen-bond acceptors (Lipinski definition) is 4. The van der Waals surface area contributed by atoms with Crippen LogP contribution in [0.25, 0.3) is 0 Å². The van der Waals surface area contributed by atoms with Gasteiger partial charge in [0.1, 0.15) is 0 Å². The van der Waals surface area contributed by atoms with E-state index >= 15 is 0 Å². The lowest BCUT2D eigenvalue weighted by Gasteiger charge is -2.15. The van der Waals surface area contributed by atoms with Gasteiger partial charge in [0.25, 0.3) is 5.69 Å². The number of nitrogens with one attached hydrogen (secondary N) is 1. The number of anilines is 1. The van der Waals surface area contributed by atoms with E-state index in [0.29, 0.717) is 0 Å². The molecule has 106 valence electrons. The minimum atomic E-state index is -0.377. The van der Waals surface area contributed by atoms with E-state index in [1.54, 1.807) is 16.8 Å². The van der Waals surface area contributed by atoms with Crippen molar-refractivity contribution in [3.8, 4) is 0 Å². The standard InChI is InChI=1S/C14H18N4O2/c1-4-13-14(9-17(3)16-13)15-10(2)11-6-5-7-12(8-11)18(19)20/h5-10,15H,4H2,1-3H3. The van der Waals surface area contributed by atoms with Crippen LogP contribution in [0.5, 0.6) is 0 Å². The van der Waals surface area contributed by atoms with E-state index in [0.717, 1.165) is 23.4 Å². The van der Waals surface area contributed by atoms with Gasteiger partial charge in [-0.05, 0) is 18.9 Å². The molecular formula is C14H18N4O2. The quantitative estimate of drug-likeness (QED) is 0.671. The van der Waals surface area contributed by atoms with E-state index in [9.17, 15) is 10.1 Å². The van der Waals surface area contributed by atoms with Gasteiger partial charge in [-0.25, -0.2) is 0 Å². The van der Waals surface area contributed by atoms with Crippen LogP contribution in [0.15, 0.2) is 30.5 Å². The molecular weight excluding hydrogens is 256 g/mol. The summed E-state index contributed by atoms with van der Waals surface area (Å²) in [7, 11) is 1.88. The molecule has 1 atom stereocenters. The number of nitro benzene ring substituents is 1. The van der Waals surface area contributed by atoms with Crippen molar-refractivity contribution in [3.63, 3.8) is 0 Å². The third kappa shape index (κ3) is 2.96. The molecule has 2 rings (SSSR count). The minimum Gasteiger partial charge on any atom is -0.376 e. The van der Waals surface area contributed by atoms with Crippen molar-refractivity contribution in [1.29, 1.82) is 0 Å². The summed E-state index contributed by atoms with van der Waals surface area (Å²) in [5.41, 5.74) is 2.95. The van der Waals surface area contributed by atoms with Crippen LogP contribution in [-0.2, 0) is 13.5 Å². The Morgan fingerprint density at radius 2 is 2.25 bits per heavy atom. The van der Waals surface area contributed by atoms with Crippen LogP contribution in [0.1, 0.15) is 31.1 Å². The van der Waals surface area contributed by atoms with Crippen molar-refractivity contribution < 1.29 is 4.92 Å². The molecule has 0 amide bonds. The molecule has 2 aromatic rings. The first-order valence-electron chi connectivity index (χ1n) is 6.54. The second-order valence-corrected chi connectivity index (χ2v) is 4.73. The smallest absolute Gasteiger partial charge is 0.269 e. The molecule has 0 spiro atoms. The van der Waals surface area contributed by atoms with Gasteiger partial charge in [0, 0.05) is 31.4 Å². The maximum Gasteiger partial charge on any atom is 0.269 e. The SMILES string of the molecule is CCc1nn(C)cc1NC(C)c1cccc([N+](=O)[O-])c1. The number of non-ortho nitro benzene ring substituents is 1. The minimum absolute atomic E-state index is 0.0237. The normalized spacial score (nSPS) is 12.2. The molecule has 0 bridgehead atoms. The fourth-order valence-corrected chi connectivity index (χ4v) is 2.14. The van der Waals surface area contributed by atoms with Crippen LogP contribution >= 0.6 is 0 Å². The van der Waals surface area contributed by atoms with Crippen LogP contribution in [-0.4, -0.2) is 14.7 Å². The Morgan fingerprint density at radius 3 is 2.90 bits per heavy atom. The molecule has 0 aliphatic carbocycles. The highest BCUT2D eigenvalue weighted by atomic mass is 16.6. The average Bonchev–Trinajstić information content (AvgIpc) is 2.78. The summed E-state index contributed by atoms with van der Waals surface area (Å²) in [6, 6.07) is 6.66. The van der Waals surface area contributed by atoms with Crippen molar-refractivity contribution in [2.75, 3.05) is 5.32 Å². The van der Waals surface area contributed by atoms with Gasteiger partial charge in [0.05, 0.1) is 16.3 Å². The van der Waals surface area contributed by atoms with Crippen molar-refractivity contribution in [3.05, 3.63) is 51.8 Å². The molecule has 0 radical (unpaired) electrons. The van der Waals surface area contributed by atoms with E-state index in [1.165, 1.54) is 6.07 Å². The molecule has 0 fully saturated rings. The van der Waals surface area contributed by atoms with Gasteiger partial charge in [-0.15, -0.1) is 0 Å². The van der Waals surface area contributed by atoms with Gasteiger partial charge in [-0.2, -0.15) is 5.10 Å². The second kappa shape index (κ2) is 5.73. The zero-order chi connectivity index (χ0) is 14.7. The Bertz CT molecular complexity index is 621. The van der Waals surface area contributed by atoms with E-state index in [2.05, 4.69) is 10.4 Å². The van der Waals surface area contributed by atoms with Crippen molar-refractivity contribution >= 4 is 11.4 Å². The van der Waals surface area contributed by atoms with Crippen molar-refractivity contribution in [1.82, 2.24) is 9.78 Å². The van der Waals surface area contributed by atoms with E-state index in [1.807, 2.05) is 33.2 Å². The topological polar surface area (TPSA) is 73.0 Å². The summed E-state index contributed by atoms with van der Waals surface area (Å²) in [5.74, 6) is 0. The van der Waals surface area contributed by atoms with Gasteiger partial charge >= 0.3 is 0 Å². The maximum absolute atomic E-state index is 10.8. The first kappa shape index (κ1) is 14.0. The van der Waals surface area contributed by atoms with Gasteiger partial charge in [0.15, 0.2) is 0 Å². The number of nitro groups is 1. The average molecular weight is 274 g/mol. The third-order valence-electron chi connectivity index (χ3n) is 3.19. The third-order valence-corrected chi connectivity index (χ3v) is 3.19. The Labute approximate surface area is 117 Å². The van der Waals surface area contributed by atoms with Crippen LogP contribution in [0.4, 0.5) is 11.4 Å². The highest BCUT2D eigenvalue weighted by molar-refractivity contribution is 5.49. The van der Waals surface area contributed by atoms with E-state index < -0.39 is 0 Å². The van der Waals surface area contributed by atoms with Gasteiger partial charge < -0.3 is 5.32 Å². The van der Waals surface area contributed by atoms with Crippen molar-refractivity contribution in [2.24, 2.45) is 7.05 Å².